The smallest absolute Gasteiger partial charge is 0.237 e. The van der Waals surface area contributed by atoms with Gasteiger partial charge in [0.05, 0.1) is 21.5 Å². The number of para-hydroxylation sites is 1. The van der Waals surface area contributed by atoms with Gasteiger partial charge in [-0.3, -0.25) is 0 Å². The second kappa shape index (κ2) is 5.16. The van der Waals surface area contributed by atoms with Gasteiger partial charge in [-0.25, -0.2) is 4.98 Å². The lowest BCUT2D eigenvalue weighted by Gasteiger charge is -2.11. The molecule has 0 spiro atoms. The Labute approximate surface area is 124 Å². The predicted molar refractivity (Wildman–Crippen MR) is 80.7 cm³/mol. The Morgan fingerprint density at radius 3 is 2.80 bits per heavy atom. The van der Waals surface area contributed by atoms with Crippen LogP contribution >= 0.6 is 23.1 Å². The highest BCUT2D eigenvalue weighted by atomic mass is 32.2. The maximum atomic E-state index is 5.93. The summed E-state index contributed by atoms with van der Waals surface area (Å²) in [5.41, 5.74) is 6.37. The molecular weight excluding hydrogens is 292 g/mol. The minimum absolute atomic E-state index is 0.525. The molecule has 0 saturated heterocycles. The van der Waals surface area contributed by atoms with E-state index in [1.165, 1.54) is 4.70 Å². The van der Waals surface area contributed by atoms with Gasteiger partial charge in [-0.2, -0.15) is 4.98 Å². The fourth-order valence-corrected chi connectivity index (χ4v) is 3.52. The van der Waals surface area contributed by atoms with E-state index in [1.54, 1.807) is 23.1 Å². The zero-order valence-corrected chi connectivity index (χ0v) is 12.8. The first-order valence-electron chi connectivity index (χ1n) is 6.13. The molecule has 104 valence electrons. The highest BCUT2D eigenvalue weighted by Crippen LogP contribution is 2.31. The second-order valence-corrected chi connectivity index (χ2v) is 7.22. The Balaban J connectivity index is 1.71. The fraction of sp³-hybridized carbons (Fsp3) is 0.308. The van der Waals surface area contributed by atoms with Crippen LogP contribution in [0, 0.1) is 0 Å². The number of thiazole rings is 1. The van der Waals surface area contributed by atoms with Crippen LogP contribution in [0.2, 0.25) is 0 Å². The first kappa shape index (κ1) is 13.5. The lowest BCUT2D eigenvalue weighted by atomic mass is 10.1. The highest BCUT2D eigenvalue weighted by Gasteiger charge is 2.21. The second-order valence-electron chi connectivity index (χ2n) is 4.97. The molecule has 20 heavy (non-hydrogen) atoms. The van der Waals surface area contributed by atoms with Crippen LogP contribution in [0.1, 0.15) is 25.6 Å². The molecule has 0 fully saturated rings. The summed E-state index contributed by atoms with van der Waals surface area (Å²) in [4.78, 5) is 8.85. The Bertz CT molecular complexity index is 696. The van der Waals surface area contributed by atoms with Crippen LogP contribution in [0.25, 0.3) is 10.2 Å². The first-order chi connectivity index (χ1) is 9.52. The van der Waals surface area contributed by atoms with E-state index in [0.717, 1.165) is 9.86 Å². The SMILES string of the molecule is CC(C)(N)c1noc(CSc2nc3ccccc3s2)n1. The van der Waals surface area contributed by atoms with E-state index in [-0.39, 0.29) is 0 Å². The minimum atomic E-state index is -0.581. The summed E-state index contributed by atoms with van der Waals surface area (Å²) in [7, 11) is 0. The van der Waals surface area contributed by atoms with Gasteiger partial charge in [-0.15, -0.1) is 11.3 Å². The van der Waals surface area contributed by atoms with E-state index < -0.39 is 5.54 Å². The molecule has 0 saturated carbocycles. The van der Waals surface area contributed by atoms with E-state index in [0.29, 0.717) is 17.5 Å². The van der Waals surface area contributed by atoms with Crippen LogP contribution < -0.4 is 5.73 Å². The van der Waals surface area contributed by atoms with Crippen LogP contribution in [-0.4, -0.2) is 15.1 Å². The average Bonchev–Trinajstić information content (AvgIpc) is 3.02. The molecule has 2 aromatic heterocycles. The van der Waals surface area contributed by atoms with Gasteiger partial charge in [0.15, 0.2) is 10.2 Å². The van der Waals surface area contributed by atoms with Crippen LogP contribution in [0.3, 0.4) is 0 Å². The molecule has 0 unspecified atom stereocenters. The molecule has 0 aliphatic heterocycles. The predicted octanol–water partition coefficient (Wildman–Crippen LogP) is 3.17. The van der Waals surface area contributed by atoms with Crippen molar-refractivity contribution < 1.29 is 4.52 Å². The summed E-state index contributed by atoms with van der Waals surface area (Å²) in [6.45, 7) is 3.70. The number of fused-ring (bicyclic) bond motifs is 1. The molecule has 0 aliphatic rings. The van der Waals surface area contributed by atoms with E-state index in [4.69, 9.17) is 10.3 Å². The number of hydrogen-bond acceptors (Lipinski definition) is 7. The largest absolute Gasteiger partial charge is 0.338 e. The van der Waals surface area contributed by atoms with Crippen LogP contribution in [0.5, 0.6) is 0 Å². The Hall–Kier alpha value is -1.44. The number of thioether (sulfide) groups is 1. The molecule has 2 N–H and O–H groups in total. The van der Waals surface area contributed by atoms with Crippen molar-refractivity contribution in [2.45, 2.75) is 29.5 Å². The maximum absolute atomic E-state index is 5.93. The maximum Gasteiger partial charge on any atom is 0.237 e. The van der Waals surface area contributed by atoms with E-state index in [1.807, 2.05) is 32.0 Å². The number of nitrogens with two attached hydrogens (primary N) is 1. The molecule has 3 aromatic rings. The van der Waals surface area contributed by atoms with Crippen LogP contribution in [-0.2, 0) is 11.3 Å². The van der Waals surface area contributed by atoms with Crippen LogP contribution in [0.15, 0.2) is 33.1 Å². The van der Waals surface area contributed by atoms with Gasteiger partial charge in [-0.05, 0) is 26.0 Å². The third kappa shape index (κ3) is 2.84. The zero-order chi connectivity index (χ0) is 14.2. The van der Waals surface area contributed by atoms with Crippen molar-refractivity contribution in [3.05, 3.63) is 36.0 Å². The monoisotopic (exact) mass is 306 g/mol. The summed E-state index contributed by atoms with van der Waals surface area (Å²) < 4.78 is 7.38. The highest BCUT2D eigenvalue weighted by molar-refractivity contribution is 8.00. The lowest BCUT2D eigenvalue weighted by molar-refractivity contribution is 0.370. The van der Waals surface area contributed by atoms with Crippen molar-refractivity contribution in [1.82, 2.24) is 15.1 Å². The lowest BCUT2D eigenvalue weighted by Crippen LogP contribution is -2.30. The zero-order valence-electron chi connectivity index (χ0n) is 11.2. The summed E-state index contributed by atoms with van der Waals surface area (Å²) in [6, 6.07) is 8.09. The van der Waals surface area contributed by atoms with Crippen LogP contribution in [0.4, 0.5) is 0 Å². The average molecular weight is 306 g/mol. The summed E-state index contributed by atoms with van der Waals surface area (Å²) in [5.74, 6) is 1.70. The third-order valence-corrected chi connectivity index (χ3v) is 4.80. The number of nitrogens with zero attached hydrogens (tertiary/aromatic N) is 3. The summed E-state index contributed by atoms with van der Waals surface area (Å²) in [5, 5.41) is 3.90. The van der Waals surface area contributed by atoms with Gasteiger partial charge < -0.3 is 10.3 Å². The van der Waals surface area contributed by atoms with Crippen molar-refractivity contribution in [3.8, 4) is 0 Å². The van der Waals surface area contributed by atoms with E-state index in [2.05, 4.69) is 21.2 Å². The number of aromatic nitrogens is 3. The van der Waals surface area contributed by atoms with E-state index in [9.17, 15) is 0 Å². The van der Waals surface area contributed by atoms with Crippen molar-refractivity contribution in [2.75, 3.05) is 0 Å². The van der Waals surface area contributed by atoms with Gasteiger partial charge in [-0.1, -0.05) is 29.1 Å². The minimum Gasteiger partial charge on any atom is -0.338 e. The summed E-state index contributed by atoms with van der Waals surface area (Å²) in [6.07, 6.45) is 0. The Kier molecular flexibility index (Phi) is 3.49. The van der Waals surface area contributed by atoms with Crippen molar-refractivity contribution in [3.63, 3.8) is 0 Å². The molecule has 2 heterocycles. The molecule has 5 nitrogen and oxygen atoms in total. The molecule has 0 aliphatic carbocycles. The van der Waals surface area contributed by atoms with Gasteiger partial charge >= 0.3 is 0 Å². The molecule has 0 atom stereocenters. The third-order valence-electron chi connectivity index (χ3n) is 2.64. The summed E-state index contributed by atoms with van der Waals surface area (Å²) >= 11 is 3.26. The molecule has 1 aromatic carbocycles. The molecule has 7 heteroatoms. The van der Waals surface area contributed by atoms with Gasteiger partial charge in [0.1, 0.15) is 0 Å². The fourth-order valence-electron chi connectivity index (χ4n) is 1.61. The normalized spacial score (nSPS) is 12.2. The first-order valence-corrected chi connectivity index (χ1v) is 7.93. The Morgan fingerprint density at radius 2 is 2.10 bits per heavy atom. The number of rotatable bonds is 4. The van der Waals surface area contributed by atoms with Gasteiger partial charge in [0.2, 0.25) is 5.89 Å². The van der Waals surface area contributed by atoms with E-state index >= 15 is 0 Å². The number of benzene rings is 1. The molecule has 3 rings (SSSR count). The topological polar surface area (TPSA) is 77.8 Å². The molecule has 0 radical (unpaired) electrons. The van der Waals surface area contributed by atoms with Crippen molar-refractivity contribution in [1.29, 1.82) is 0 Å². The molecular formula is C13H14N4OS2. The van der Waals surface area contributed by atoms with Gasteiger partial charge in [0, 0.05) is 0 Å². The molecule has 0 amide bonds. The van der Waals surface area contributed by atoms with Gasteiger partial charge in [0.25, 0.3) is 0 Å². The molecule has 0 bridgehead atoms. The van der Waals surface area contributed by atoms with Crippen molar-refractivity contribution in [2.24, 2.45) is 5.73 Å². The van der Waals surface area contributed by atoms with Crippen molar-refractivity contribution >= 4 is 33.3 Å². The standard InChI is InChI=1S/C13H14N4OS2/c1-13(2,14)11-16-10(18-17-11)7-19-12-15-8-5-3-4-6-9(8)20-12/h3-6H,7,14H2,1-2H3. The Morgan fingerprint density at radius 1 is 1.30 bits per heavy atom. The quantitative estimate of drug-likeness (QED) is 0.746. The number of hydrogen-bond donors (Lipinski definition) is 1.